The zero-order chi connectivity index (χ0) is 11.4. The van der Waals surface area contributed by atoms with Crippen molar-refractivity contribution < 1.29 is 9.90 Å². The molecule has 16 heavy (non-hydrogen) atoms. The molecule has 80 valence electrons. The lowest BCUT2D eigenvalue weighted by Gasteiger charge is -2.00. The molecule has 0 saturated heterocycles. The molecular weight excluding hydrogens is 206 g/mol. The highest BCUT2D eigenvalue weighted by atomic mass is 16.4. The topological polar surface area (TPSA) is 76.0 Å². The Balaban J connectivity index is 2.22. The molecule has 0 aliphatic rings. The molecule has 0 amide bonds. The minimum atomic E-state index is -1.04. The first kappa shape index (κ1) is 10.2. The summed E-state index contributed by atoms with van der Waals surface area (Å²) in [6.45, 7) is 0. The minimum absolute atomic E-state index is 0.0130. The maximum atomic E-state index is 10.7. The number of rotatable bonds is 3. The Kier molecular flexibility index (Phi) is 2.86. The Labute approximate surface area is 91.8 Å². The first-order valence-corrected chi connectivity index (χ1v) is 4.69. The van der Waals surface area contributed by atoms with Crippen LogP contribution in [0.3, 0.4) is 0 Å². The van der Waals surface area contributed by atoms with Crippen molar-refractivity contribution in [2.75, 3.05) is 0 Å². The van der Waals surface area contributed by atoms with Crippen molar-refractivity contribution in [1.82, 2.24) is 15.0 Å². The average Bonchev–Trinajstić information content (AvgIpc) is 2.30. The quantitative estimate of drug-likeness (QED) is 0.831. The molecule has 5 nitrogen and oxygen atoms in total. The van der Waals surface area contributed by atoms with Gasteiger partial charge in [-0.15, -0.1) is 0 Å². The number of carbonyl (C=O) groups is 1. The molecular formula is C11H9N3O2. The second kappa shape index (κ2) is 4.48. The number of nitrogens with zero attached hydrogens (tertiary/aromatic N) is 3. The Bertz CT molecular complexity index is 500. The number of aromatic carboxylic acids is 1. The Morgan fingerprint density at radius 1 is 1.25 bits per heavy atom. The van der Waals surface area contributed by atoms with Gasteiger partial charge in [0.05, 0.1) is 0 Å². The molecule has 0 spiro atoms. The highest BCUT2D eigenvalue weighted by Gasteiger charge is 2.06. The summed E-state index contributed by atoms with van der Waals surface area (Å²) in [4.78, 5) is 22.3. The van der Waals surface area contributed by atoms with E-state index in [0.717, 1.165) is 5.56 Å². The van der Waals surface area contributed by atoms with Crippen molar-refractivity contribution in [3.63, 3.8) is 0 Å². The second-order valence-corrected chi connectivity index (χ2v) is 3.23. The van der Waals surface area contributed by atoms with E-state index in [4.69, 9.17) is 5.11 Å². The molecule has 1 N–H and O–H groups in total. The van der Waals surface area contributed by atoms with Gasteiger partial charge in [0.25, 0.3) is 0 Å². The molecule has 0 fully saturated rings. The molecule has 0 aromatic carbocycles. The number of carboxylic acid groups (broad SMARTS) is 1. The van der Waals surface area contributed by atoms with E-state index in [0.29, 0.717) is 12.1 Å². The van der Waals surface area contributed by atoms with E-state index in [1.807, 2.05) is 12.1 Å². The summed E-state index contributed by atoms with van der Waals surface area (Å²) < 4.78 is 0. The van der Waals surface area contributed by atoms with Crippen LogP contribution in [0, 0.1) is 0 Å². The number of hydrogen-bond donors (Lipinski definition) is 1. The van der Waals surface area contributed by atoms with Crippen LogP contribution in [0.5, 0.6) is 0 Å². The first-order chi connectivity index (χ1) is 7.75. The van der Waals surface area contributed by atoms with Gasteiger partial charge in [-0.3, -0.25) is 4.98 Å². The van der Waals surface area contributed by atoms with E-state index in [1.165, 1.54) is 12.4 Å². The van der Waals surface area contributed by atoms with E-state index in [-0.39, 0.29) is 5.69 Å². The Hall–Kier alpha value is -2.30. The summed E-state index contributed by atoms with van der Waals surface area (Å²) in [5.41, 5.74) is 1.72. The van der Waals surface area contributed by atoms with Crippen LogP contribution in [-0.4, -0.2) is 26.0 Å². The van der Waals surface area contributed by atoms with Gasteiger partial charge in [-0.1, -0.05) is 0 Å². The lowest BCUT2D eigenvalue weighted by Crippen LogP contribution is -2.03. The molecule has 2 rings (SSSR count). The normalized spacial score (nSPS) is 10.0. The third-order valence-corrected chi connectivity index (χ3v) is 2.08. The Morgan fingerprint density at radius 3 is 2.69 bits per heavy atom. The summed E-state index contributed by atoms with van der Waals surface area (Å²) in [7, 11) is 0. The lowest BCUT2D eigenvalue weighted by atomic mass is 10.1. The van der Waals surface area contributed by atoms with Gasteiger partial charge < -0.3 is 5.11 Å². The zero-order valence-corrected chi connectivity index (χ0v) is 8.37. The third-order valence-electron chi connectivity index (χ3n) is 2.08. The van der Waals surface area contributed by atoms with Gasteiger partial charge in [0.2, 0.25) is 0 Å². The predicted molar refractivity (Wildman–Crippen MR) is 56.0 cm³/mol. The van der Waals surface area contributed by atoms with Crippen molar-refractivity contribution in [3.05, 3.63) is 53.9 Å². The fraction of sp³-hybridized carbons (Fsp3) is 0.0909. The number of carboxylic acids is 1. The smallest absolute Gasteiger partial charge is 0.354 e. The molecule has 2 aromatic rings. The van der Waals surface area contributed by atoms with Crippen molar-refractivity contribution in [2.45, 2.75) is 6.42 Å². The van der Waals surface area contributed by atoms with Crippen LogP contribution in [0.2, 0.25) is 0 Å². The molecule has 5 heteroatoms. The largest absolute Gasteiger partial charge is 0.477 e. The fourth-order valence-corrected chi connectivity index (χ4v) is 1.32. The van der Waals surface area contributed by atoms with Crippen LogP contribution in [0.15, 0.2) is 36.9 Å². The van der Waals surface area contributed by atoms with Crippen LogP contribution < -0.4 is 0 Å². The van der Waals surface area contributed by atoms with Crippen LogP contribution in [0.4, 0.5) is 0 Å². The molecule has 2 heterocycles. The first-order valence-electron chi connectivity index (χ1n) is 4.69. The summed E-state index contributed by atoms with van der Waals surface area (Å²) in [5.74, 6) is -1.04. The van der Waals surface area contributed by atoms with Crippen LogP contribution in [-0.2, 0) is 6.42 Å². The summed E-state index contributed by atoms with van der Waals surface area (Å²) in [6.07, 6.45) is 5.22. The molecule has 0 radical (unpaired) electrons. The van der Waals surface area contributed by atoms with Crippen LogP contribution >= 0.6 is 0 Å². The Morgan fingerprint density at radius 2 is 2.00 bits per heavy atom. The minimum Gasteiger partial charge on any atom is -0.477 e. The van der Waals surface area contributed by atoms with Gasteiger partial charge in [0, 0.05) is 24.5 Å². The van der Waals surface area contributed by atoms with Gasteiger partial charge in [-0.05, 0) is 23.8 Å². The molecule has 0 unspecified atom stereocenters. The summed E-state index contributed by atoms with van der Waals surface area (Å²) >= 11 is 0. The highest BCUT2D eigenvalue weighted by Crippen LogP contribution is 2.06. The number of aromatic nitrogens is 3. The van der Waals surface area contributed by atoms with Crippen molar-refractivity contribution in [1.29, 1.82) is 0 Å². The maximum Gasteiger partial charge on any atom is 0.354 e. The van der Waals surface area contributed by atoms with E-state index in [1.54, 1.807) is 12.4 Å². The van der Waals surface area contributed by atoms with E-state index < -0.39 is 5.97 Å². The monoisotopic (exact) mass is 215 g/mol. The zero-order valence-electron chi connectivity index (χ0n) is 8.37. The third kappa shape index (κ3) is 2.38. The SMILES string of the molecule is O=C(O)c1cc(Cc2ccncc2)ncn1. The molecule has 0 aliphatic carbocycles. The highest BCUT2D eigenvalue weighted by molar-refractivity contribution is 5.85. The van der Waals surface area contributed by atoms with E-state index in [2.05, 4.69) is 15.0 Å². The van der Waals surface area contributed by atoms with Crippen LogP contribution in [0.25, 0.3) is 0 Å². The number of hydrogen-bond acceptors (Lipinski definition) is 4. The van der Waals surface area contributed by atoms with Gasteiger partial charge >= 0.3 is 5.97 Å². The van der Waals surface area contributed by atoms with Crippen LogP contribution in [0.1, 0.15) is 21.7 Å². The summed E-state index contributed by atoms with van der Waals surface area (Å²) in [6, 6.07) is 5.20. The van der Waals surface area contributed by atoms with Gasteiger partial charge in [0.15, 0.2) is 5.69 Å². The average molecular weight is 215 g/mol. The van der Waals surface area contributed by atoms with Gasteiger partial charge in [0.1, 0.15) is 6.33 Å². The molecule has 0 atom stereocenters. The second-order valence-electron chi connectivity index (χ2n) is 3.23. The predicted octanol–water partition coefficient (Wildman–Crippen LogP) is 1.16. The molecule has 0 aliphatic heterocycles. The van der Waals surface area contributed by atoms with Gasteiger partial charge in [-0.25, -0.2) is 14.8 Å². The molecule has 0 saturated carbocycles. The lowest BCUT2D eigenvalue weighted by molar-refractivity contribution is 0.0690. The van der Waals surface area contributed by atoms with E-state index >= 15 is 0 Å². The molecule has 2 aromatic heterocycles. The summed E-state index contributed by atoms with van der Waals surface area (Å²) in [5, 5.41) is 8.78. The van der Waals surface area contributed by atoms with Gasteiger partial charge in [-0.2, -0.15) is 0 Å². The van der Waals surface area contributed by atoms with E-state index in [9.17, 15) is 4.79 Å². The standard InChI is InChI=1S/C11H9N3O2/c15-11(16)10-6-9(13-7-14-10)5-8-1-3-12-4-2-8/h1-4,6-7H,5H2,(H,15,16). The maximum absolute atomic E-state index is 10.7. The van der Waals surface area contributed by atoms with Crippen molar-refractivity contribution >= 4 is 5.97 Å². The van der Waals surface area contributed by atoms with Crippen molar-refractivity contribution in [2.24, 2.45) is 0 Å². The fourth-order valence-electron chi connectivity index (χ4n) is 1.32. The van der Waals surface area contributed by atoms with Crippen molar-refractivity contribution in [3.8, 4) is 0 Å². The molecule has 0 bridgehead atoms. The number of pyridine rings is 1.